The lowest BCUT2D eigenvalue weighted by Crippen LogP contribution is -2.30. The molecule has 0 aromatic carbocycles. The molecule has 0 saturated carbocycles. The van der Waals surface area contributed by atoms with Crippen molar-refractivity contribution in [2.45, 2.75) is 348 Å². The number of allylic oxidation sites excluding steroid dienone is 10. The van der Waals surface area contributed by atoms with Gasteiger partial charge in [0.05, 0.1) is 0 Å². The molecule has 0 aromatic heterocycles. The van der Waals surface area contributed by atoms with Crippen molar-refractivity contribution < 1.29 is 28.6 Å². The lowest BCUT2D eigenvalue weighted by Gasteiger charge is -2.18. The van der Waals surface area contributed by atoms with E-state index in [0.717, 1.165) is 103 Å². The maximum Gasteiger partial charge on any atom is 0.306 e. The number of hydrogen-bond donors (Lipinski definition) is 0. The average molecular weight is 1050 g/mol. The van der Waals surface area contributed by atoms with Crippen LogP contribution < -0.4 is 0 Å². The van der Waals surface area contributed by atoms with Gasteiger partial charge >= 0.3 is 17.9 Å². The molecule has 436 valence electrons. The van der Waals surface area contributed by atoms with Crippen LogP contribution in [0.2, 0.25) is 0 Å². The largest absolute Gasteiger partial charge is 0.462 e. The Hall–Kier alpha value is -2.89. The minimum absolute atomic E-state index is 0.0794. The van der Waals surface area contributed by atoms with Gasteiger partial charge in [-0.25, -0.2) is 0 Å². The smallest absolute Gasteiger partial charge is 0.306 e. The highest BCUT2D eigenvalue weighted by molar-refractivity contribution is 5.71. The summed E-state index contributed by atoms with van der Waals surface area (Å²) in [6.07, 6.45) is 80.9. The van der Waals surface area contributed by atoms with Crippen molar-refractivity contribution in [3.63, 3.8) is 0 Å². The number of carbonyl (C=O) groups is 3. The fourth-order valence-corrected chi connectivity index (χ4v) is 9.61. The quantitative estimate of drug-likeness (QED) is 0.0261. The normalized spacial score (nSPS) is 12.4. The molecule has 0 spiro atoms. The van der Waals surface area contributed by atoms with Gasteiger partial charge in [0, 0.05) is 19.3 Å². The predicted molar refractivity (Wildman–Crippen MR) is 325 cm³/mol. The Labute approximate surface area is 466 Å². The standard InChI is InChI=1S/C69H124O6/c1-4-7-10-13-16-19-22-25-28-31-33-34-35-37-38-41-44-47-50-53-56-59-62-68(71)74-65-66(64-73-67(70)61-58-55-52-49-46-43-40-30-27-24-21-18-15-12-9-6-3)75-69(72)63-60-57-54-51-48-45-42-39-36-32-29-26-23-20-17-14-11-8-5-2/h8,11,17,20,26,29-30,36,39-40,66H,4-7,9-10,12-16,18-19,21-25,27-28,31-35,37-38,41-65H2,1-3H3/b11-8-,20-17-,29-26-,39-36-,40-30-. The first-order valence-electron chi connectivity index (χ1n) is 32.8. The summed E-state index contributed by atoms with van der Waals surface area (Å²) in [5.41, 5.74) is 0. The Balaban J connectivity index is 4.35. The monoisotopic (exact) mass is 1050 g/mol. The Morgan fingerprint density at radius 1 is 0.280 bits per heavy atom. The number of carbonyl (C=O) groups excluding carboxylic acids is 3. The first kappa shape index (κ1) is 72.1. The molecule has 1 atom stereocenters. The molecule has 1 unspecified atom stereocenters. The van der Waals surface area contributed by atoms with E-state index in [-0.39, 0.29) is 31.1 Å². The van der Waals surface area contributed by atoms with E-state index in [1.165, 1.54) is 199 Å². The van der Waals surface area contributed by atoms with E-state index in [0.29, 0.717) is 19.3 Å². The summed E-state index contributed by atoms with van der Waals surface area (Å²) in [7, 11) is 0. The first-order chi connectivity index (χ1) is 37.0. The van der Waals surface area contributed by atoms with Gasteiger partial charge in [-0.2, -0.15) is 0 Å². The van der Waals surface area contributed by atoms with E-state index in [2.05, 4.69) is 81.5 Å². The lowest BCUT2D eigenvalue weighted by molar-refractivity contribution is -0.167. The van der Waals surface area contributed by atoms with Crippen molar-refractivity contribution in [3.05, 3.63) is 60.8 Å². The second kappa shape index (κ2) is 63.6. The topological polar surface area (TPSA) is 78.9 Å². The maximum atomic E-state index is 12.9. The molecule has 0 aliphatic heterocycles. The van der Waals surface area contributed by atoms with Gasteiger partial charge in [0.1, 0.15) is 13.2 Å². The van der Waals surface area contributed by atoms with Crippen LogP contribution in [0.5, 0.6) is 0 Å². The van der Waals surface area contributed by atoms with Crippen molar-refractivity contribution in [1.82, 2.24) is 0 Å². The molecule has 0 fully saturated rings. The molecule has 0 aliphatic rings. The highest BCUT2D eigenvalue weighted by atomic mass is 16.6. The zero-order valence-electron chi connectivity index (χ0n) is 50.1. The predicted octanol–water partition coefficient (Wildman–Crippen LogP) is 22.3. The number of esters is 3. The highest BCUT2D eigenvalue weighted by Crippen LogP contribution is 2.17. The SMILES string of the molecule is CC/C=C\C/C=C\C/C=C\C/C=C\CCCCCCCCC(=O)OC(COC(=O)CCCCCCC/C=C\CCCCCCCCC)COC(=O)CCCCCCCCCCCCCCCCCCCCCCCC. The summed E-state index contributed by atoms with van der Waals surface area (Å²) in [5, 5.41) is 0. The third-order valence-electron chi connectivity index (χ3n) is 14.5. The average Bonchev–Trinajstić information content (AvgIpc) is 3.41. The molecule has 0 rings (SSSR count). The number of ether oxygens (including phenoxy) is 3. The summed E-state index contributed by atoms with van der Waals surface area (Å²) in [4.78, 5) is 38.4. The van der Waals surface area contributed by atoms with Gasteiger partial charge in [-0.15, -0.1) is 0 Å². The molecular formula is C69H124O6. The van der Waals surface area contributed by atoms with Crippen LogP contribution in [0.4, 0.5) is 0 Å². The van der Waals surface area contributed by atoms with E-state index in [4.69, 9.17) is 14.2 Å². The van der Waals surface area contributed by atoms with Crippen LogP contribution in [0.3, 0.4) is 0 Å². The Morgan fingerprint density at radius 2 is 0.520 bits per heavy atom. The van der Waals surface area contributed by atoms with E-state index in [9.17, 15) is 14.4 Å². The molecule has 0 aromatic rings. The van der Waals surface area contributed by atoms with Gasteiger partial charge in [0.15, 0.2) is 6.10 Å². The molecule has 6 heteroatoms. The van der Waals surface area contributed by atoms with Crippen LogP contribution in [0.1, 0.15) is 342 Å². The maximum absolute atomic E-state index is 12.9. The summed E-state index contributed by atoms with van der Waals surface area (Å²) in [5.74, 6) is -0.882. The van der Waals surface area contributed by atoms with E-state index >= 15 is 0 Å². The third kappa shape index (κ3) is 61.8. The van der Waals surface area contributed by atoms with Gasteiger partial charge < -0.3 is 14.2 Å². The molecule has 0 N–H and O–H groups in total. The highest BCUT2D eigenvalue weighted by Gasteiger charge is 2.19. The third-order valence-corrected chi connectivity index (χ3v) is 14.5. The zero-order chi connectivity index (χ0) is 54.3. The molecular weight excluding hydrogens is 925 g/mol. The number of unbranched alkanes of at least 4 members (excludes halogenated alkanes) is 39. The molecule has 0 saturated heterocycles. The molecule has 0 bridgehead atoms. The van der Waals surface area contributed by atoms with Crippen LogP contribution in [0.15, 0.2) is 60.8 Å². The second-order valence-corrected chi connectivity index (χ2v) is 22.0. The molecule has 0 aliphatic carbocycles. The van der Waals surface area contributed by atoms with E-state index < -0.39 is 6.10 Å². The Kier molecular flexibility index (Phi) is 61.2. The number of hydrogen-bond acceptors (Lipinski definition) is 6. The Bertz CT molecular complexity index is 1340. The Morgan fingerprint density at radius 3 is 0.827 bits per heavy atom. The van der Waals surface area contributed by atoms with Crippen molar-refractivity contribution >= 4 is 17.9 Å². The molecule has 6 nitrogen and oxygen atoms in total. The van der Waals surface area contributed by atoms with E-state index in [1.807, 2.05) is 0 Å². The van der Waals surface area contributed by atoms with Gasteiger partial charge in [-0.1, -0.05) is 300 Å². The van der Waals surface area contributed by atoms with Crippen molar-refractivity contribution in [3.8, 4) is 0 Å². The van der Waals surface area contributed by atoms with Crippen molar-refractivity contribution in [2.75, 3.05) is 13.2 Å². The van der Waals surface area contributed by atoms with Gasteiger partial charge in [-0.05, 0) is 83.5 Å². The van der Waals surface area contributed by atoms with Crippen LogP contribution in [-0.4, -0.2) is 37.2 Å². The van der Waals surface area contributed by atoms with Crippen LogP contribution in [0, 0.1) is 0 Å². The summed E-state index contributed by atoms with van der Waals surface area (Å²) in [6.45, 7) is 6.56. The fourth-order valence-electron chi connectivity index (χ4n) is 9.61. The van der Waals surface area contributed by atoms with Gasteiger partial charge in [0.2, 0.25) is 0 Å². The summed E-state index contributed by atoms with van der Waals surface area (Å²) < 4.78 is 16.9. The second-order valence-electron chi connectivity index (χ2n) is 22.0. The zero-order valence-corrected chi connectivity index (χ0v) is 50.1. The molecule has 0 heterocycles. The minimum atomic E-state index is -0.785. The minimum Gasteiger partial charge on any atom is -0.462 e. The number of rotatable bonds is 60. The van der Waals surface area contributed by atoms with Crippen LogP contribution in [0.25, 0.3) is 0 Å². The molecule has 75 heavy (non-hydrogen) atoms. The molecule has 0 radical (unpaired) electrons. The van der Waals surface area contributed by atoms with Crippen LogP contribution >= 0.6 is 0 Å². The summed E-state index contributed by atoms with van der Waals surface area (Å²) in [6, 6.07) is 0. The fraction of sp³-hybridized carbons (Fsp3) is 0.812. The van der Waals surface area contributed by atoms with Crippen molar-refractivity contribution in [2.24, 2.45) is 0 Å². The van der Waals surface area contributed by atoms with Crippen LogP contribution in [-0.2, 0) is 28.6 Å². The van der Waals surface area contributed by atoms with E-state index in [1.54, 1.807) is 0 Å². The first-order valence-corrected chi connectivity index (χ1v) is 32.8. The lowest BCUT2D eigenvalue weighted by atomic mass is 10.0. The van der Waals surface area contributed by atoms with Crippen molar-refractivity contribution in [1.29, 1.82) is 0 Å². The van der Waals surface area contributed by atoms with Gasteiger partial charge in [0.25, 0.3) is 0 Å². The van der Waals surface area contributed by atoms with Gasteiger partial charge in [-0.3, -0.25) is 14.4 Å². The molecule has 0 amide bonds. The summed E-state index contributed by atoms with van der Waals surface area (Å²) >= 11 is 0.